The lowest BCUT2D eigenvalue weighted by Gasteiger charge is -2.32. The Kier molecular flexibility index (Phi) is 8.92. The summed E-state index contributed by atoms with van der Waals surface area (Å²) < 4.78 is 6.61. The van der Waals surface area contributed by atoms with Gasteiger partial charge >= 0.3 is 0 Å². The number of anilines is 6. The van der Waals surface area contributed by atoms with E-state index in [0.29, 0.717) is 6.61 Å². The average molecular weight is 755 g/mol. The van der Waals surface area contributed by atoms with Crippen molar-refractivity contribution < 1.29 is 4.74 Å². The van der Waals surface area contributed by atoms with E-state index in [1.165, 1.54) is 43.8 Å². The van der Waals surface area contributed by atoms with Gasteiger partial charge in [-0.05, 0) is 106 Å². The molecule has 0 N–H and O–H groups in total. The van der Waals surface area contributed by atoms with Gasteiger partial charge in [0.2, 0.25) is 0 Å². The molecule has 8 aromatic rings. The van der Waals surface area contributed by atoms with Crippen LogP contribution in [0.2, 0.25) is 0 Å². The fourth-order valence-corrected chi connectivity index (χ4v) is 9.61. The van der Waals surface area contributed by atoms with E-state index in [4.69, 9.17) is 4.74 Å². The molecule has 0 unspecified atom stereocenters. The van der Waals surface area contributed by atoms with Gasteiger partial charge in [0.25, 0.3) is 0 Å². The van der Waals surface area contributed by atoms with Crippen LogP contribution in [0.5, 0.6) is 5.75 Å². The molecule has 0 amide bonds. The van der Waals surface area contributed by atoms with Crippen molar-refractivity contribution >= 4 is 45.9 Å². The summed E-state index contributed by atoms with van der Waals surface area (Å²) in [6.07, 6.45) is 0. The molecule has 3 nitrogen and oxygen atoms in total. The number of para-hydroxylation sites is 3. The predicted octanol–water partition coefficient (Wildman–Crippen LogP) is 14.8. The molecule has 10 rings (SSSR count). The normalized spacial score (nSPS) is 13.5. The maximum Gasteiger partial charge on any atom is 0.140 e. The molecule has 1 heterocycles. The molecule has 0 fully saturated rings. The highest BCUT2D eigenvalue weighted by Crippen LogP contribution is 2.58. The zero-order valence-electron chi connectivity index (χ0n) is 32.1. The lowest BCUT2D eigenvalue weighted by Crippen LogP contribution is -2.16. The minimum Gasteiger partial charge on any atom is -0.491 e. The van der Waals surface area contributed by atoms with Crippen LogP contribution in [0, 0.1) is 0 Å². The van der Waals surface area contributed by atoms with Crippen LogP contribution >= 0.6 is 11.8 Å². The minimum absolute atomic E-state index is 0.165. The standard InChI is InChI=1S/C53H42N2OS/c1-53(2)46-26-13-12-24-44(46)50-47(53)32-33-48(51(50)45-25-15-27-49-52(45)56-34-35-57-49)55(43-23-14-18-38(36-43)37-16-6-3-7-17-37)42-30-28-41(29-31-42)54(39-19-8-4-9-20-39)40-21-10-5-11-22-40/h3-33,36H,34-35H2,1-2H3. The van der Waals surface area contributed by atoms with E-state index in [0.717, 1.165) is 51.2 Å². The zero-order valence-corrected chi connectivity index (χ0v) is 32.9. The molecule has 0 saturated heterocycles. The van der Waals surface area contributed by atoms with Gasteiger partial charge in [0.1, 0.15) is 5.75 Å². The van der Waals surface area contributed by atoms with Crippen molar-refractivity contribution in [1.29, 1.82) is 0 Å². The molecule has 57 heavy (non-hydrogen) atoms. The first kappa shape index (κ1) is 35.0. The van der Waals surface area contributed by atoms with Crippen LogP contribution in [0.1, 0.15) is 25.0 Å². The van der Waals surface area contributed by atoms with Crippen LogP contribution in [0.3, 0.4) is 0 Å². The molecule has 1 aliphatic heterocycles. The van der Waals surface area contributed by atoms with Crippen molar-refractivity contribution in [3.8, 4) is 39.1 Å². The Hall–Kier alpha value is -6.49. The summed E-state index contributed by atoms with van der Waals surface area (Å²) in [5.41, 5.74) is 16.3. The molecular formula is C53H42N2OS. The van der Waals surface area contributed by atoms with Gasteiger partial charge in [-0.25, -0.2) is 0 Å². The van der Waals surface area contributed by atoms with Crippen LogP contribution in [-0.4, -0.2) is 12.4 Å². The third-order valence-electron chi connectivity index (χ3n) is 11.4. The second-order valence-corrected chi connectivity index (χ2v) is 16.3. The van der Waals surface area contributed by atoms with E-state index in [-0.39, 0.29) is 5.41 Å². The number of fused-ring (bicyclic) bond motifs is 4. The fourth-order valence-electron chi connectivity index (χ4n) is 8.75. The van der Waals surface area contributed by atoms with Crippen LogP contribution in [-0.2, 0) is 5.41 Å². The molecular weight excluding hydrogens is 713 g/mol. The summed E-state index contributed by atoms with van der Waals surface area (Å²) in [6, 6.07) is 70.2. The third-order valence-corrected chi connectivity index (χ3v) is 12.4. The van der Waals surface area contributed by atoms with Gasteiger partial charge in [-0.1, -0.05) is 135 Å². The maximum absolute atomic E-state index is 6.61. The first-order valence-electron chi connectivity index (χ1n) is 19.7. The van der Waals surface area contributed by atoms with E-state index in [1.807, 2.05) is 11.8 Å². The van der Waals surface area contributed by atoms with Crippen molar-refractivity contribution in [3.63, 3.8) is 0 Å². The second-order valence-electron chi connectivity index (χ2n) is 15.2. The van der Waals surface area contributed by atoms with E-state index >= 15 is 0 Å². The highest BCUT2D eigenvalue weighted by atomic mass is 32.2. The summed E-state index contributed by atoms with van der Waals surface area (Å²) >= 11 is 1.88. The molecule has 1 aliphatic carbocycles. The van der Waals surface area contributed by atoms with Gasteiger partial charge in [-0.15, -0.1) is 11.8 Å². The Bertz CT molecular complexity index is 2670. The van der Waals surface area contributed by atoms with E-state index in [9.17, 15) is 0 Å². The number of nitrogens with zero attached hydrogens (tertiary/aromatic N) is 2. The van der Waals surface area contributed by atoms with Gasteiger partial charge in [-0.3, -0.25) is 0 Å². The second kappa shape index (κ2) is 14.5. The molecule has 0 saturated carbocycles. The lowest BCUT2D eigenvalue weighted by molar-refractivity contribution is 0.331. The predicted molar refractivity (Wildman–Crippen MR) is 240 cm³/mol. The maximum atomic E-state index is 6.61. The SMILES string of the molecule is CC1(C)c2ccccc2-c2c1ccc(N(c1ccc(N(c3ccccc3)c3ccccc3)cc1)c1cccc(-c3ccccc3)c1)c2-c1cccc2c1OCCS2. The Morgan fingerprint density at radius 3 is 1.74 bits per heavy atom. The van der Waals surface area contributed by atoms with Gasteiger partial charge in [0, 0.05) is 50.7 Å². The number of hydrogen-bond donors (Lipinski definition) is 0. The highest BCUT2D eigenvalue weighted by Gasteiger charge is 2.39. The van der Waals surface area contributed by atoms with E-state index in [1.54, 1.807) is 0 Å². The third kappa shape index (κ3) is 6.18. The van der Waals surface area contributed by atoms with Gasteiger partial charge in [0.05, 0.1) is 17.2 Å². The molecule has 4 heteroatoms. The first-order chi connectivity index (χ1) is 28.1. The van der Waals surface area contributed by atoms with Gasteiger partial charge in [0.15, 0.2) is 0 Å². The summed E-state index contributed by atoms with van der Waals surface area (Å²) in [6.45, 7) is 5.41. The largest absolute Gasteiger partial charge is 0.491 e. The molecule has 0 radical (unpaired) electrons. The van der Waals surface area contributed by atoms with E-state index in [2.05, 4.69) is 218 Å². The fraction of sp³-hybridized carbons (Fsp3) is 0.0943. The van der Waals surface area contributed by atoms with E-state index < -0.39 is 0 Å². The first-order valence-corrected chi connectivity index (χ1v) is 20.7. The highest BCUT2D eigenvalue weighted by molar-refractivity contribution is 7.99. The monoisotopic (exact) mass is 754 g/mol. The molecule has 0 bridgehead atoms. The van der Waals surface area contributed by atoms with Crippen molar-refractivity contribution in [2.24, 2.45) is 0 Å². The number of rotatable bonds is 8. The van der Waals surface area contributed by atoms with Crippen LogP contribution in [0.25, 0.3) is 33.4 Å². The van der Waals surface area contributed by atoms with Crippen molar-refractivity contribution in [2.75, 3.05) is 22.2 Å². The number of thioether (sulfide) groups is 1. The number of hydrogen-bond acceptors (Lipinski definition) is 4. The van der Waals surface area contributed by atoms with Crippen molar-refractivity contribution in [3.05, 3.63) is 205 Å². The Balaban J connectivity index is 1.23. The Morgan fingerprint density at radius 1 is 0.456 bits per heavy atom. The van der Waals surface area contributed by atoms with Crippen LogP contribution < -0.4 is 14.5 Å². The Labute approximate surface area is 339 Å². The molecule has 276 valence electrons. The molecule has 8 aromatic carbocycles. The summed E-state index contributed by atoms with van der Waals surface area (Å²) in [4.78, 5) is 5.96. The average Bonchev–Trinajstić information content (AvgIpc) is 3.51. The summed E-state index contributed by atoms with van der Waals surface area (Å²) in [7, 11) is 0. The van der Waals surface area contributed by atoms with Crippen LogP contribution in [0.15, 0.2) is 199 Å². The minimum atomic E-state index is -0.165. The van der Waals surface area contributed by atoms with Crippen LogP contribution in [0.4, 0.5) is 34.1 Å². The zero-order chi connectivity index (χ0) is 38.3. The molecule has 0 spiro atoms. The number of ether oxygens (including phenoxy) is 1. The quantitative estimate of drug-likeness (QED) is 0.153. The number of benzene rings is 8. The topological polar surface area (TPSA) is 15.7 Å². The summed E-state index contributed by atoms with van der Waals surface area (Å²) in [5.74, 6) is 1.92. The summed E-state index contributed by atoms with van der Waals surface area (Å²) in [5, 5.41) is 0. The molecule has 0 atom stereocenters. The lowest BCUT2D eigenvalue weighted by atomic mass is 9.81. The van der Waals surface area contributed by atoms with Crippen molar-refractivity contribution in [1.82, 2.24) is 0 Å². The van der Waals surface area contributed by atoms with Gasteiger partial charge in [-0.2, -0.15) is 0 Å². The Morgan fingerprint density at radius 2 is 1.02 bits per heavy atom. The van der Waals surface area contributed by atoms with Crippen molar-refractivity contribution in [2.45, 2.75) is 24.2 Å². The molecule has 2 aliphatic rings. The molecule has 0 aromatic heterocycles. The smallest absolute Gasteiger partial charge is 0.140 e. The van der Waals surface area contributed by atoms with Gasteiger partial charge < -0.3 is 14.5 Å².